The molecule has 26 heavy (non-hydrogen) atoms. The predicted octanol–water partition coefficient (Wildman–Crippen LogP) is 0.296. The summed E-state index contributed by atoms with van der Waals surface area (Å²) in [7, 11) is 0. The van der Waals surface area contributed by atoms with Crippen LogP contribution >= 0.6 is 0 Å². The van der Waals surface area contributed by atoms with Gasteiger partial charge in [0.25, 0.3) is 5.56 Å². The predicted molar refractivity (Wildman–Crippen MR) is 95.5 cm³/mol. The summed E-state index contributed by atoms with van der Waals surface area (Å²) in [5.74, 6) is 0.169. The molecule has 1 aromatic carbocycles. The smallest absolute Gasteiger partial charge is 0.335 e. The van der Waals surface area contributed by atoms with E-state index in [9.17, 15) is 14.7 Å². The highest BCUT2D eigenvalue weighted by atomic mass is 16.5. The molecule has 1 aliphatic heterocycles. The second-order valence-corrected chi connectivity index (χ2v) is 5.57. The molecule has 1 fully saturated rings. The lowest BCUT2D eigenvalue weighted by molar-refractivity contribution is 0.0396. The Morgan fingerprint density at radius 3 is 2.62 bits per heavy atom. The van der Waals surface area contributed by atoms with Crippen LogP contribution in [0.4, 0.5) is 0 Å². The molecule has 0 bridgehead atoms. The molecule has 9 heteroatoms. The number of H-pyrrole nitrogens is 1. The number of nitrogens with one attached hydrogen (secondary N) is 1. The number of hydrogen-bond donors (Lipinski definition) is 2. The quantitative estimate of drug-likeness (QED) is 0.742. The second kappa shape index (κ2) is 7.87. The Balaban J connectivity index is 1.97. The molecule has 0 amide bonds. The summed E-state index contributed by atoms with van der Waals surface area (Å²) < 4.78 is 11.6. The SMILES string of the molecule is CCOc1ccc(-n2c(O)c(/C=N/N3CCOCC3)c(=O)[nH]c2=O)cc1. The summed E-state index contributed by atoms with van der Waals surface area (Å²) >= 11 is 0. The third kappa shape index (κ3) is 3.77. The Bertz CT molecular complexity index is 895. The van der Waals surface area contributed by atoms with Gasteiger partial charge >= 0.3 is 5.69 Å². The highest BCUT2D eigenvalue weighted by Crippen LogP contribution is 2.19. The number of nitrogens with zero attached hydrogens (tertiary/aromatic N) is 3. The maximum absolute atomic E-state index is 12.2. The van der Waals surface area contributed by atoms with Crippen molar-refractivity contribution in [3.63, 3.8) is 0 Å². The molecule has 0 radical (unpaired) electrons. The highest BCUT2D eigenvalue weighted by molar-refractivity contribution is 5.82. The average molecular weight is 360 g/mol. The van der Waals surface area contributed by atoms with Crippen LogP contribution in [0.1, 0.15) is 12.5 Å². The van der Waals surface area contributed by atoms with Crippen LogP contribution in [0.25, 0.3) is 5.69 Å². The lowest BCUT2D eigenvalue weighted by Crippen LogP contribution is -2.34. The number of benzene rings is 1. The lowest BCUT2D eigenvalue weighted by atomic mass is 10.2. The number of aromatic amines is 1. The van der Waals surface area contributed by atoms with E-state index in [1.807, 2.05) is 6.92 Å². The minimum atomic E-state index is -0.736. The third-order valence-electron chi connectivity index (χ3n) is 3.86. The van der Waals surface area contributed by atoms with Gasteiger partial charge in [-0.05, 0) is 31.2 Å². The maximum atomic E-state index is 12.2. The molecule has 1 aromatic heterocycles. The first-order chi connectivity index (χ1) is 12.6. The van der Waals surface area contributed by atoms with Gasteiger partial charge in [-0.3, -0.25) is 14.8 Å². The topological polar surface area (TPSA) is 109 Å². The van der Waals surface area contributed by atoms with Crippen LogP contribution in [0.15, 0.2) is 39.0 Å². The monoisotopic (exact) mass is 360 g/mol. The Morgan fingerprint density at radius 1 is 1.27 bits per heavy atom. The summed E-state index contributed by atoms with van der Waals surface area (Å²) in [6.07, 6.45) is 1.25. The molecule has 0 unspecified atom stereocenters. The minimum absolute atomic E-state index is 0.0926. The largest absolute Gasteiger partial charge is 0.494 e. The Hall–Kier alpha value is -3.07. The fraction of sp³-hybridized carbons (Fsp3) is 0.353. The van der Waals surface area contributed by atoms with Gasteiger partial charge in [-0.2, -0.15) is 5.10 Å². The number of aromatic nitrogens is 2. The van der Waals surface area contributed by atoms with Crippen molar-refractivity contribution in [2.24, 2.45) is 5.10 Å². The number of aromatic hydroxyl groups is 1. The van der Waals surface area contributed by atoms with Crippen LogP contribution in [0.2, 0.25) is 0 Å². The maximum Gasteiger partial charge on any atom is 0.335 e. The van der Waals surface area contributed by atoms with E-state index in [0.29, 0.717) is 44.3 Å². The van der Waals surface area contributed by atoms with Crippen molar-refractivity contribution in [1.29, 1.82) is 0 Å². The van der Waals surface area contributed by atoms with Crippen LogP contribution in [0.5, 0.6) is 11.6 Å². The van der Waals surface area contributed by atoms with E-state index < -0.39 is 17.1 Å². The molecule has 138 valence electrons. The highest BCUT2D eigenvalue weighted by Gasteiger charge is 2.15. The fourth-order valence-corrected chi connectivity index (χ4v) is 2.56. The zero-order valence-corrected chi connectivity index (χ0v) is 14.3. The molecule has 1 aliphatic rings. The van der Waals surface area contributed by atoms with Gasteiger partial charge in [0.15, 0.2) is 0 Å². The van der Waals surface area contributed by atoms with Crippen molar-refractivity contribution in [3.8, 4) is 17.3 Å². The van der Waals surface area contributed by atoms with Crippen molar-refractivity contribution in [1.82, 2.24) is 14.6 Å². The summed E-state index contributed by atoms with van der Waals surface area (Å²) in [5.41, 5.74) is -1.13. The molecule has 0 saturated carbocycles. The summed E-state index contributed by atoms with van der Waals surface area (Å²) in [6, 6.07) is 6.59. The van der Waals surface area contributed by atoms with Gasteiger partial charge in [0.2, 0.25) is 5.88 Å². The van der Waals surface area contributed by atoms with Gasteiger partial charge in [-0.15, -0.1) is 0 Å². The molecule has 1 saturated heterocycles. The van der Waals surface area contributed by atoms with Crippen LogP contribution in [-0.2, 0) is 4.74 Å². The number of hydrazone groups is 1. The summed E-state index contributed by atoms with van der Waals surface area (Å²) in [4.78, 5) is 26.4. The minimum Gasteiger partial charge on any atom is -0.494 e. The number of rotatable bonds is 5. The Morgan fingerprint density at radius 2 is 1.96 bits per heavy atom. The van der Waals surface area contributed by atoms with Gasteiger partial charge in [0.1, 0.15) is 11.3 Å². The molecule has 9 nitrogen and oxygen atoms in total. The van der Waals surface area contributed by atoms with E-state index in [-0.39, 0.29) is 5.56 Å². The first kappa shape index (κ1) is 17.7. The van der Waals surface area contributed by atoms with E-state index >= 15 is 0 Å². The Kier molecular flexibility index (Phi) is 5.37. The van der Waals surface area contributed by atoms with E-state index in [0.717, 1.165) is 4.57 Å². The van der Waals surface area contributed by atoms with Crippen LogP contribution in [0, 0.1) is 0 Å². The Labute approximate surface area is 149 Å². The second-order valence-electron chi connectivity index (χ2n) is 5.57. The summed E-state index contributed by atoms with van der Waals surface area (Å²) in [6.45, 7) is 4.66. The molecular weight excluding hydrogens is 340 g/mol. The van der Waals surface area contributed by atoms with Crippen molar-refractivity contribution < 1.29 is 14.6 Å². The molecule has 0 spiro atoms. The molecule has 3 rings (SSSR count). The van der Waals surface area contributed by atoms with Gasteiger partial charge in [-0.1, -0.05) is 0 Å². The average Bonchev–Trinajstić information content (AvgIpc) is 2.64. The third-order valence-corrected chi connectivity index (χ3v) is 3.86. The van der Waals surface area contributed by atoms with Crippen LogP contribution in [0.3, 0.4) is 0 Å². The zero-order valence-electron chi connectivity index (χ0n) is 14.3. The molecule has 2 N–H and O–H groups in total. The molecule has 2 aromatic rings. The first-order valence-electron chi connectivity index (χ1n) is 8.28. The van der Waals surface area contributed by atoms with Crippen molar-refractivity contribution >= 4 is 6.21 Å². The standard InChI is InChI=1S/C17H20N4O5/c1-2-26-13-5-3-12(4-6-13)21-16(23)14(15(22)19-17(21)24)11-18-20-7-9-25-10-8-20/h3-6,11,23H,2,7-10H2,1H3,(H,19,22,24)/b18-11+. The molecular formula is C17H20N4O5. The van der Waals surface area contributed by atoms with Gasteiger partial charge in [0, 0.05) is 0 Å². The molecule has 0 atom stereocenters. The number of morpholine rings is 1. The van der Waals surface area contributed by atoms with E-state index in [2.05, 4.69) is 10.1 Å². The van der Waals surface area contributed by atoms with E-state index in [1.165, 1.54) is 6.21 Å². The normalized spacial score (nSPS) is 14.7. The van der Waals surface area contributed by atoms with Crippen molar-refractivity contribution in [2.45, 2.75) is 6.92 Å². The fourth-order valence-electron chi connectivity index (χ4n) is 2.56. The number of ether oxygens (including phenoxy) is 2. The van der Waals surface area contributed by atoms with E-state index in [1.54, 1.807) is 29.3 Å². The lowest BCUT2D eigenvalue weighted by Gasteiger charge is -2.23. The van der Waals surface area contributed by atoms with Crippen molar-refractivity contribution in [3.05, 3.63) is 50.7 Å². The van der Waals surface area contributed by atoms with Crippen LogP contribution in [-0.4, -0.2) is 58.8 Å². The van der Waals surface area contributed by atoms with Crippen molar-refractivity contribution in [2.75, 3.05) is 32.9 Å². The number of hydrogen-bond acceptors (Lipinski definition) is 7. The van der Waals surface area contributed by atoms with E-state index in [4.69, 9.17) is 9.47 Å². The van der Waals surface area contributed by atoms with Crippen LogP contribution < -0.4 is 16.0 Å². The molecule has 2 heterocycles. The first-order valence-corrected chi connectivity index (χ1v) is 8.28. The van der Waals surface area contributed by atoms with Gasteiger partial charge in [0.05, 0.1) is 44.8 Å². The van der Waals surface area contributed by atoms with Gasteiger partial charge in [-0.25, -0.2) is 9.36 Å². The zero-order chi connectivity index (χ0) is 18.5. The summed E-state index contributed by atoms with van der Waals surface area (Å²) in [5, 5.41) is 16.4. The molecule has 0 aliphatic carbocycles. The van der Waals surface area contributed by atoms with Gasteiger partial charge < -0.3 is 14.6 Å².